The third kappa shape index (κ3) is 4.10. The van der Waals surface area contributed by atoms with E-state index in [1.165, 1.54) is 6.20 Å². The maximum Gasteiger partial charge on any atom is 0.252 e. The van der Waals surface area contributed by atoms with Gasteiger partial charge in [-0.15, -0.1) is 0 Å². The lowest BCUT2D eigenvalue weighted by molar-refractivity contribution is -0.138. The number of nitrogens with zero attached hydrogens (tertiary/aromatic N) is 2. The Bertz CT molecular complexity index is 616. The Morgan fingerprint density at radius 2 is 2.00 bits per heavy atom. The van der Waals surface area contributed by atoms with Crippen molar-refractivity contribution >= 4 is 17.7 Å². The van der Waals surface area contributed by atoms with Crippen LogP contribution in [0.1, 0.15) is 36.0 Å². The monoisotopic (exact) mass is 330 g/mol. The number of piperidine rings is 1. The lowest BCUT2D eigenvalue weighted by Gasteiger charge is -2.32. The summed E-state index contributed by atoms with van der Waals surface area (Å²) in [5.74, 6) is -0.216. The molecule has 0 radical (unpaired) electrons. The number of pyridine rings is 1. The van der Waals surface area contributed by atoms with Crippen LogP contribution >= 0.6 is 0 Å². The molecule has 128 valence electrons. The number of aromatic nitrogens is 1. The maximum absolute atomic E-state index is 12.2. The number of carbonyl (C=O) groups is 3. The van der Waals surface area contributed by atoms with Crippen LogP contribution in [0.3, 0.4) is 0 Å². The van der Waals surface area contributed by atoms with Gasteiger partial charge in [0, 0.05) is 44.5 Å². The van der Waals surface area contributed by atoms with Crippen molar-refractivity contribution in [1.29, 1.82) is 0 Å². The molecule has 7 heteroatoms. The number of hydrogen-bond donors (Lipinski definition) is 2. The van der Waals surface area contributed by atoms with Crippen molar-refractivity contribution in [2.24, 2.45) is 5.92 Å². The fourth-order valence-electron chi connectivity index (χ4n) is 2.93. The first-order valence-corrected chi connectivity index (χ1v) is 8.40. The summed E-state index contributed by atoms with van der Waals surface area (Å²) >= 11 is 0. The molecule has 24 heavy (non-hydrogen) atoms. The van der Waals surface area contributed by atoms with Crippen LogP contribution in [-0.2, 0) is 9.59 Å². The lowest BCUT2D eigenvalue weighted by atomic mass is 9.96. The molecule has 3 amide bonds. The molecule has 1 aromatic heterocycles. The van der Waals surface area contributed by atoms with Crippen molar-refractivity contribution in [3.8, 4) is 0 Å². The molecule has 2 aliphatic rings. The van der Waals surface area contributed by atoms with Crippen LogP contribution in [-0.4, -0.2) is 53.3 Å². The lowest BCUT2D eigenvalue weighted by Crippen LogP contribution is -2.47. The average molecular weight is 330 g/mol. The summed E-state index contributed by atoms with van der Waals surface area (Å²) < 4.78 is 0. The van der Waals surface area contributed by atoms with Crippen molar-refractivity contribution in [1.82, 2.24) is 20.5 Å². The minimum absolute atomic E-state index is 0.0382. The molecule has 1 atom stereocenters. The first-order chi connectivity index (χ1) is 11.6. The quantitative estimate of drug-likeness (QED) is 0.735. The molecule has 0 bridgehead atoms. The standard InChI is InChI=1S/C17H22N4O3/c22-15-6-3-13(11-21(15)14-4-5-14)17(24)20-9-8-19-16(23)12-2-1-7-18-10-12/h1-2,7,10,13-14H,3-6,8-9,11H2,(H,19,23)(H,20,24). The highest BCUT2D eigenvalue weighted by molar-refractivity contribution is 5.93. The number of rotatable bonds is 6. The van der Waals surface area contributed by atoms with Gasteiger partial charge in [0.1, 0.15) is 0 Å². The molecule has 0 aromatic carbocycles. The molecule has 1 aliphatic carbocycles. The van der Waals surface area contributed by atoms with Crippen LogP contribution in [0.4, 0.5) is 0 Å². The van der Waals surface area contributed by atoms with Gasteiger partial charge in [0.2, 0.25) is 11.8 Å². The van der Waals surface area contributed by atoms with Crippen LogP contribution in [0, 0.1) is 5.92 Å². The van der Waals surface area contributed by atoms with E-state index in [4.69, 9.17) is 0 Å². The summed E-state index contributed by atoms with van der Waals surface area (Å²) in [6.07, 6.45) is 6.28. The summed E-state index contributed by atoms with van der Waals surface area (Å²) in [6.45, 7) is 1.26. The molecule has 2 N–H and O–H groups in total. The molecule has 1 saturated heterocycles. The van der Waals surface area contributed by atoms with Crippen molar-refractivity contribution < 1.29 is 14.4 Å². The first-order valence-electron chi connectivity index (χ1n) is 8.40. The second-order valence-corrected chi connectivity index (χ2v) is 6.30. The Labute approximate surface area is 140 Å². The van der Waals surface area contributed by atoms with Gasteiger partial charge in [0.05, 0.1) is 11.5 Å². The molecule has 3 rings (SSSR count). The zero-order chi connectivity index (χ0) is 16.9. The zero-order valence-corrected chi connectivity index (χ0v) is 13.5. The third-order valence-corrected chi connectivity index (χ3v) is 4.44. The minimum atomic E-state index is -0.208. The third-order valence-electron chi connectivity index (χ3n) is 4.44. The average Bonchev–Trinajstić information content (AvgIpc) is 3.44. The zero-order valence-electron chi connectivity index (χ0n) is 13.5. The van der Waals surface area contributed by atoms with E-state index >= 15 is 0 Å². The van der Waals surface area contributed by atoms with E-state index in [0.717, 1.165) is 12.8 Å². The van der Waals surface area contributed by atoms with Crippen molar-refractivity contribution in [2.75, 3.05) is 19.6 Å². The predicted octanol–water partition coefficient (Wildman–Crippen LogP) is 0.329. The van der Waals surface area contributed by atoms with Crippen LogP contribution in [0.15, 0.2) is 24.5 Å². The van der Waals surface area contributed by atoms with Gasteiger partial charge < -0.3 is 15.5 Å². The summed E-state index contributed by atoms with van der Waals surface area (Å²) in [5.41, 5.74) is 0.495. The number of likely N-dealkylation sites (tertiary alicyclic amines) is 1. The normalized spacial score (nSPS) is 20.6. The molecular weight excluding hydrogens is 308 g/mol. The Hall–Kier alpha value is -2.44. The van der Waals surface area contributed by atoms with E-state index in [2.05, 4.69) is 15.6 Å². The Morgan fingerprint density at radius 3 is 2.71 bits per heavy atom. The van der Waals surface area contributed by atoms with Gasteiger partial charge in [-0.2, -0.15) is 0 Å². The smallest absolute Gasteiger partial charge is 0.252 e. The van der Waals surface area contributed by atoms with Gasteiger partial charge in [-0.05, 0) is 31.4 Å². The van der Waals surface area contributed by atoms with E-state index in [0.29, 0.717) is 44.1 Å². The van der Waals surface area contributed by atoms with Crippen molar-refractivity contribution in [2.45, 2.75) is 31.7 Å². The van der Waals surface area contributed by atoms with Crippen molar-refractivity contribution in [3.05, 3.63) is 30.1 Å². The van der Waals surface area contributed by atoms with E-state index in [-0.39, 0.29) is 23.6 Å². The minimum Gasteiger partial charge on any atom is -0.354 e. The van der Waals surface area contributed by atoms with E-state index < -0.39 is 0 Å². The Balaban J connectivity index is 1.38. The predicted molar refractivity (Wildman–Crippen MR) is 87.0 cm³/mol. The Morgan fingerprint density at radius 1 is 1.21 bits per heavy atom. The van der Waals surface area contributed by atoms with Gasteiger partial charge in [-0.25, -0.2) is 0 Å². The van der Waals surface area contributed by atoms with Gasteiger partial charge in [-0.1, -0.05) is 0 Å². The van der Waals surface area contributed by atoms with Gasteiger partial charge >= 0.3 is 0 Å². The molecule has 1 unspecified atom stereocenters. The highest BCUT2D eigenvalue weighted by atomic mass is 16.2. The molecule has 2 heterocycles. The van der Waals surface area contributed by atoms with Crippen LogP contribution < -0.4 is 10.6 Å². The van der Waals surface area contributed by atoms with E-state index in [1.54, 1.807) is 18.3 Å². The van der Waals surface area contributed by atoms with Crippen LogP contribution in [0.5, 0.6) is 0 Å². The maximum atomic E-state index is 12.2. The van der Waals surface area contributed by atoms with Gasteiger partial charge in [0.15, 0.2) is 0 Å². The fourth-order valence-corrected chi connectivity index (χ4v) is 2.93. The van der Waals surface area contributed by atoms with Crippen LogP contribution in [0.25, 0.3) is 0 Å². The summed E-state index contributed by atoms with van der Waals surface area (Å²) in [6, 6.07) is 3.74. The van der Waals surface area contributed by atoms with Gasteiger partial charge in [0.25, 0.3) is 5.91 Å². The highest BCUT2D eigenvalue weighted by Gasteiger charge is 2.38. The number of nitrogens with one attached hydrogen (secondary N) is 2. The number of amides is 3. The topological polar surface area (TPSA) is 91.4 Å². The molecular formula is C17H22N4O3. The second-order valence-electron chi connectivity index (χ2n) is 6.30. The SMILES string of the molecule is O=C(NCCNC(=O)C1CCC(=O)N(C2CC2)C1)c1cccnc1. The molecule has 1 saturated carbocycles. The van der Waals surface area contributed by atoms with Crippen LogP contribution in [0.2, 0.25) is 0 Å². The summed E-state index contributed by atoms with van der Waals surface area (Å²) in [7, 11) is 0. The van der Waals surface area contributed by atoms with E-state index in [1.807, 2.05) is 4.90 Å². The summed E-state index contributed by atoms with van der Waals surface area (Å²) in [4.78, 5) is 41.7. The van der Waals surface area contributed by atoms with Crippen molar-refractivity contribution in [3.63, 3.8) is 0 Å². The number of carbonyl (C=O) groups excluding carboxylic acids is 3. The molecule has 2 fully saturated rings. The molecule has 1 aliphatic heterocycles. The fraction of sp³-hybridized carbons (Fsp3) is 0.529. The first kappa shape index (κ1) is 16.4. The van der Waals surface area contributed by atoms with Gasteiger partial charge in [-0.3, -0.25) is 19.4 Å². The largest absolute Gasteiger partial charge is 0.354 e. The number of hydrogen-bond acceptors (Lipinski definition) is 4. The molecule has 0 spiro atoms. The summed E-state index contributed by atoms with van der Waals surface area (Å²) in [5, 5.41) is 5.59. The van der Waals surface area contributed by atoms with E-state index in [9.17, 15) is 14.4 Å². The second kappa shape index (κ2) is 7.42. The molecule has 1 aromatic rings. The molecule has 7 nitrogen and oxygen atoms in total. The highest BCUT2D eigenvalue weighted by Crippen LogP contribution is 2.31. The Kier molecular flexibility index (Phi) is 5.08.